The van der Waals surface area contributed by atoms with E-state index in [4.69, 9.17) is 4.84 Å². The van der Waals surface area contributed by atoms with Gasteiger partial charge < -0.3 is 4.84 Å². The molecule has 0 aromatic heterocycles. The lowest BCUT2D eigenvalue weighted by molar-refractivity contribution is 0.114. The minimum absolute atomic E-state index is 0.114. The van der Waals surface area contributed by atoms with Crippen LogP contribution in [0.4, 0.5) is 0 Å². The molecular formula is C19H31N3O. The van der Waals surface area contributed by atoms with Crippen LogP contribution >= 0.6 is 0 Å². The molecule has 4 nitrogen and oxygen atoms in total. The average Bonchev–Trinajstić information content (AvgIpc) is 3.09. The van der Waals surface area contributed by atoms with Gasteiger partial charge in [0.1, 0.15) is 0 Å². The fourth-order valence-electron chi connectivity index (χ4n) is 1.75. The van der Waals surface area contributed by atoms with Crippen LogP contribution in [0.2, 0.25) is 0 Å². The first-order chi connectivity index (χ1) is 11.3. The molecule has 1 atom stereocenters. The van der Waals surface area contributed by atoms with Gasteiger partial charge in [-0.2, -0.15) is 0 Å². The van der Waals surface area contributed by atoms with Gasteiger partial charge in [-0.15, -0.1) is 0 Å². The third-order valence-corrected chi connectivity index (χ3v) is 2.64. The van der Waals surface area contributed by atoms with Crippen molar-refractivity contribution in [2.24, 2.45) is 15.1 Å². The van der Waals surface area contributed by atoms with E-state index in [1.165, 1.54) is 0 Å². The lowest BCUT2D eigenvalue weighted by Gasteiger charge is -2.08. The lowest BCUT2D eigenvalue weighted by Crippen LogP contribution is -2.10. The predicted octanol–water partition coefficient (Wildman–Crippen LogP) is 5.50. The van der Waals surface area contributed by atoms with Crippen molar-refractivity contribution in [3.8, 4) is 0 Å². The fraction of sp³-hybridized carbons (Fsp3) is 0.421. The van der Waals surface area contributed by atoms with E-state index in [1.54, 1.807) is 12.4 Å². The number of rotatable bonds is 6. The predicted molar refractivity (Wildman–Crippen MR) is 105 cm³/mol. The summed E-state index contributed by atoms with van der Waals surface area (Å²) in [6.07, 6.45) is 11.6. The van der Waals surface area contributed by atoms with Gasteiger partial charge >= 0.3 is 0 Å². The normalized spacial score (nSPS) is 17.7. The number of hydrogen-bond donors (Lipinski definition) is 0. The van der Waals surface area contributed by atoms with Crippen molar-refractivity contribution in [2.45, 2.75) is 54.1 Å². The summed E-state index contributed by atoms with van der Waals surface area (Å²) in [4.78, 5) is 12.9. The van der Waals surface area contributed by atoms with Crippen molar-refractivity contribution in [1.29, 1.82) is 0 Å². The zero-order valence-electron chi connectivity index (χ0n) is 15.4. The van der Waals surface area contributed by atoms with Gasteiger partial charge in [0, 0.05) is 24.4 Å². The van der Waals surface area contributed by atoms with Crippen molar-refractivity contribution in [2.75, 3.05) is 0 Å². The number of oxime groups is 1. The first kappa shape index (κ1) is 23.0. The first-order valence-corrected chi connectivity index (χ1v) is 8.07. The standard InChI is InChI=1S/C15H19N3O.2C2H6/c1-5-7-13(11-17-4)15-10-14(18-19-15)12(6-2)8-9-16-3;2*1-2/h5-9,11,15H,3-4,10H2,1-2H3;2*1-2H3/b7-5-,9-8-,12-6+,13-11+;;. The molecule has 0 bridgehead atoms. The van der Waals surface area contributed by atoms with Gasteiger partial charge in [-0.1, -0.05) is 51.1 Å². The van der Waals surface area contributed by atoms with Gasteiger partial charge in [0.15, 0.2) is 6.10 Å². The zero-order chi connectivity index (χ0) is 18.1. The van der Waals surface area contributed by atoms with Crippen molar-refractivity contribution in [3.63, 3.8) is 0 Å². The number of allylic oxidation sites excluding steroid dienone is 4. The highest BCUT2D eigenvalue weighted by atomic mass is 16.6. The maximum atomic E-state index is 5.46. The highest BCUT2D eigenvalue weighted by Crippen LogP contribution is 2.23. The van der Waals surface area contributed by atoms with Crippen molar-refractivity contribution in [1.82, 2.24) is 0 Å². The van der Waals surface area contributed by atoms with Gasteiger partial charge in [-0.25, -0.2) is 0 Å². The van der Waals surface area contributed by atoms with Gasteiger partial charge in [-0.3, -0.25) is 9.98 Å². The largest absolute Gasteiger partial charge is 0.387 e. The molecule has 0 amide bonds. The molecule has 0 aromatic rings. The van der Waals surface area contributed by atoms with Gasteiger partial charge in [0.05, 0.1) is 5.71 Å². The monoisotopic (exact) mass is 317 g/mol. The molecule has 0 saturated heterocycles. The summed E-state index contributed by atoms with van der Waals surface area (Å²) in [5.74, 6) is 0. The average molecular weight is 317 g/mol. The van der Waals surface area contributed by atoms with E-state index in [9.17, 15) is 0 Å². The summed E-state index contributed by atoms with van der Waals surface area (Å²) in [7, 11) is 0. The van der Waals surface area contributed by atoms with E-state index >= 15 is 0 Å². The van der Waals surface area contributed by atoms with E-state index in [0.29, 0.717) is 6.42 Å². The molecule has 1 aliphatic heterocycles. The minimum Gasteiger partial charge on any atom is -0.387 e. The topological polar surface area (TPSA) is 46.3 Å². The molecule has 0 radical (unpaired) electrons. The molecule has 0 spiro atoms. The Bertz CT molecular complexity index is 483. The van der Waals surface area contributed by atoms with Gasteiger partial charge in [0.2, 0.25) is 0 Å². The van der Waals surface area contributed by atoms with Crippen LogP contribution in [0.25, 0.3) is 0 Å². The fourth-order valence-corrected chi connectivity index (χ4v) is 1.75. The molecule has 1 heterocycles. The third kappa shape index (κ3) is 8.71. The van der Waals surface area contributed by atoms with E-state index < -0.39 is 0 Å². The Morgan fingerprint density at radius 3 is 2.26 bits per heavy atom. The van der Waals surface area contributed by atoms with Crippen LogP contribution in [0.5, 0.6) is 0 Å². The van der Waals surface area contributed by atoms with E-state index in [0.717, 1.165) is 16.9 Å². The van der Waals surface area contributed by atoms with Gasteiger partial charge in [0.25, 0.3) is 0 Å². The van der Waals surface area contributed by atoms with E-state index in [2.05, 4.69) is 28.6 Å². The molecule has 1 aliphatic rings. The summed E-state index contributed by atoms with van der Waals surface area (Å²) >= 11 is 0. The maximum Gasteiger partial charge on any atom is 0.159 e. The van der Waals surface area contributed by atoms with Gasteiger partial charge in [-0.05, 0) is 38.9 Å². The number of aliphatic imine (C=N–C) groups is 2. The van der Waals surface area contributed by atoms with E-state index in [-0.39, 0.29) is 6.10 Å². The Morgan fingerprint density at radius 2 is 1.78 bits per heavy atom. The smallest absolute Gasteiger partial charge is 0.159 e. The molecule has 23 heavy (non-hydrogen) atoms. The van der Waals surface area contributed by atoms with Crippen molar-refractivity contribution < 1.29 is 4.84 Å². The summed E-state index contributed by atoms with van der Waals surface area (Å²) in [6.45, 7) is 18.8. The summed E-state index contributed by atoms with van der Waals surface area (Å²) in [5.41, 5.74) is 2.84. The van der Waals surface area contributed by atoms with Crippen LogP contribution < -0.4 is 0 Å². The molecular weight excluding hydrogens is 286 g/mol. The van der Waals surface area contributed by atoms with E-state index in [1.807, 2.05) is 65.8 Å². The zero-order valence-corrected chi connectivity index (χ0v) is 15.4. The molecule has 1 unspecified atom stereocenters. The number of hydrogen-bond acceptors (Lipinski definition) is 4. The Kier molecular flexibility index (Phi) is 16.2. The maximum absolute atomic E-state index is 5.46. The molecule has 0 aromatic carbocycles. The minimum atomic E-state index is -0.114. The van der Waals surface area contributed by atoms with Crippen LogP contribution in [0.1, 0.15) is 48.0 Å². The summed E-state index contributed by atoms with van der Waals surface area (Å²) < 4.78 is 0. The van der Waals surface area contributed by atoms with Crippen molar-refractivity contribution in [3.05, 3.63) is 47.9 Å². The second-order valence-corrected chi connectivity index (χ2v) is 3.89. The second-order valence-electron chi connectivity index (χ2n) is 3.89. The quantitative estimate of drug-likeness (QED) is 0.471. The van der Waals surface area contributed by atoms with Crippen LogP contribution in [-0.4, -0.2) is 25.3 Å². The molecule has 0 fully saturated rings. The van der Waals surface area contributed by atoms with Crippen molar-refractivity contribution >= 4 is 19.1 Å². The Labute approximate surface area is 141 Å². The Balaban J connectivity index is 0. The van der Waals surface area contributed by atoms with Crippen LogP contribution in [0.15, 0.2) is 63.0 Å². The first-order valence-electron chi connectivity index (χ1n) is 8.07. The van der Waals surface area contributed by atoms with Crippen LogP contribution in [0, 0.1) is 0 Å². The highest BCUT2D eigenvalue weighted by molar-refractivity contribution is 6.03. The molecule has 1 rings (SSSR count). The molecule has 0 saturated carbocycles. The molecule has 4 heteroatoms. The molecule has 0 aliphatic carbocycles. The summed E-state index contributed by atoms with van der Waals surface area (Å²) in [5, 5.41) is 4.12. The Hall–Kier alpha value is -2.23. The highest BCUT2D eigenvalue weighted by Gasteiger charge is 2.24. The second kappa shape index (κ2) is 16.1. The lowest BCUT2D eigenvalue weighted by atomic mass is 10.0. The third-order valence-electron chi connectivity index (χ3n) is 2.64. The van der Waals surface area contributed by atoms with Crippen LogP contribution in [-0.2, 0) is 4.84 Å². The molecule has 128 valence electrons. The Morgan fingerprint density at radius 1 is 1.13 bits per heavy atom. The van der Waals surface area contributed by atoms with Crippen LogP contribution in [0.3, 0.4) is 0 Å². The summed E-state index contributed by atoms with van der Waals surface area (Å²) in [6, 6.07) is 0. The number of nitrogens with zero attached hydrogens (tertiary/aromatic N) is 3. The molecule has 0 N–H and O–H groups in total. The SMILES string of the molecule is C=N/C=C\C(=C/C)C1=NOC(C(/C=C\C)=C/N=C)C1.CC.CC.